The standard InChI is InChI=1S/C20H24BFO3/c1-14-16(21-24-19(2,3)20(4,5)25-21)11-12-17(18(14)22)23-13-15-9-7-6-8-10-15/h6-12H,13H2,1-5H3. The van der Waals surface area contributed by atoms with E-state index in [1.54, 1.807) is 13.0 Å². The van der Waals surface area contributed by atoms with Crippen LogP contribution >= 0.6 is 0 Å². The Kier molecular flexibility index (Phi) is 4.65. The zero-order chi connectivity index (χ0) is 18.2. The third-order valence-corrected chi connectivity index (χ3v) is 5.14. The molecule has 25 heavy (non-hydrogen) atoms. The van der Waals surface area contributed by atoms with Gasteiger partial charge in [-0.1, -0.05) is 36.4 Å². The third-order valence-electron chi connectivity index (χ3n) is 5.14. The number of hydrogen-bond acceptors (Lipinski definition) is 3. The van der Waals surface area contributed by atoms with Crippen molar-refractivity contribution in [3.63, 3.8) is 0 Å². The van der Waals surface area contributed by atoms with Gasteiger partial charge in [-0.3, -0.25) is 0 Å². The molecular formula is C20H24BFO3. The first kappa shape index (κ1) is 18.0. The number of hydrogen-bond donors (Lipinski definition) is 0. The first-order valence-corrected chi connectivity index (χ1v) is 8.53. The first-order valence-electron chi connectivity index (χ1n) is 8.53. The molecule has 1 fully saturated rings. The Hall–Kier alpha value is -1.85. The molecule has 1 heterocycles. The molecule has 1 aliphatic heterocycles. The summed E-state index contributed by atoms with van der Waals surface area (Å²) in [5, 5.41) is 0. The second-order valence-corrected chi connectivity index (χ2v) is 7.45. The number of rotatable bonds is 4. The lowest BCUT2D eigenvalue weighted by molar-refractivity contribution is 0.00578. The molecule has 0 bridgehead atoms. The number of ether oxygens (including phenoxy) is 1. The van der Waals surface area contributed by atoms with Crippen molar-refractivity contribution in [3.05, 3.63) is 59.4 Å². The molecule has 0 atom stereocenters. The van der Waals surface area contributed by atoms with E-state index in [0.29, 0.717) is 17.6 Å². The van der Waals surface area contributed by atoms with E-state index in [4.69, 9.17) is 14.0 Å². The molecule has 0 unspecified atom stereocenters. The maximum atomic E-state index is 14.8. The Morgan fingerprint density at radius 1 is 0.960 bits per heavy atom. The van der Waals surface area contributed by atoms with Crippen LogP contribution in [-0.4, -0.2) is 18.3 Å². The monoisotopic (exact) mass is 342 g/mol. The van der Waals surface area contributed by atoms with Crippen LogP contribution in [0.5, 0.6) is 5.75 Å². The lowest BCUT2D eigenvalue weighted by Crippen LogP contribution is -2.41. The summed E-state index contributed by atoms with van der Waals surface area (Å²) in [5.41, 5.74) is 1.27. The highest BCUT2D eigenvalue weighted by molar-refractivity contribution is 6.62. The van der Waals surface area contributed by atoms with E-state index in [1.165, 1.54) is 0 Å². The molecule has 1 saturated heterocycles. The van der Waals surface area contributed by atoms with Gasteiger partial charge in [0.25, 0.3) is 0 Å². The topological polar surface area (TPSA) is 27.7 Å². The van der Waals surface area contributed by atoms with E-state index >= 15 is 0 Å². The van der Waals surface area contributed by atoms with E-state index in [2.05, 4.69) is 0 Å². The zero-order valence-corrected chi connectivity index (χ0v) is 15.4. The van der Waals surface area contributed by atoms with Crippen molar-refractivity contribution in [2.75, 3.05) is 0 Å². The normalized spacial score (nSPS) is 18.4. The SMILES string of the molecule is Cc1c(B2OC(C)(C)C(C)(C)O2)ccc(OCc2ccccc2)c1F. The second kappa shape index (κ2) is 6.47. The van der Waals surface area contributed by atoms with Crippen molar-refractivity contribution in [3.8, 4) is 5.75 Å². The molecule has 5 heteroatoms. The Labute approximate surface area is 149 Å². The Morgan fingerprint density at radius 2 is 1.56 bits per heavy atom. The molecule has 132 valence electrons. The molecule has 0 N–H and O–H groups in total. The minimum Gasteiger partial charge on any atom is -0.486 e. The minimum absolute atomic E-state index is 0.238. The van der Waals surface area contributed by atoms with Crippen molar-refractivity contribution in [2.45, 2.75) is 52.4 Å². The molecule has 0 radical (unpaired) electrons. The molecule has 3 rings (SSSR count). The highest BCUT2D eigenvalue weighted by Crippen LogP contribution is 2.37. The summed E-state index contributed by atoms with van der Waals surface area (Å²) in [4.78, 5) is 0. The van der Waals surface area contributed by atoms with Gasteiger partial charge in [-0.15, -0.1) is 0 Å². The number of halogens is 1. The van der Waals surface area contributed by atoms with E-state index < -0.39 is 18.3 Å². The van der Waals surface area contributed by atoms with Gasteiger partial charge in [0.05, 0.1) is 11.2 Å². The van der Waals surface area contributed by atoms with Crippen molar-refractivity contribution in [2.24, 2.45) is 0 Å². The lowest BCUT2D eigenvalue weighted by Gasteiger charge is -2.32. The number of benzene rings is 2. The molecule has 3 nitrogen and oxygen atoms in total. The summed E-state index contributed by atoms with van der Waals surface area (Å²) in [5.74, 6) is -0.134. The summed E-state index contributed by atoms with van der Waals surface area (Å²) in [7, 11) is -0.581. The van der Waals surface area contributed by atoms with E-state index in [0.717, 1.165) is 5.56 Å². The quantitative estimate of drug-likeness (QED) is 0.786. The molecule has 0 aliphatic carbocycles. The molecular weight excluding hydrogens is 318 g/mol. The van der Waals surface area contributed by atoms with Crippen LogP contribution in [0, 0.1) is 12.7 Å². The van der Waals surface area contributed by atoms with Crippen LogP contribution in [0.1, 0.15) is 38.8 Å². The van der Waals surface area contributed by atoms with Crippen LogP contribution in [0.2, 0.25) is 0 Å². The van der Waals surface area contributed by atoms with Gasteiger partial charge in [0.15, 0.2) is 11.6 Å². The van der Waals surface area contributed by atoms with Crippen molar-refractivity contribution >= 4 is 12.6 Å². The van der Waals surface area contributed by atoms with E-state index in [9.17, 15) is 4.39 Å². The van der Waals surface area contributed by atoms with E-state index in [-0.39, 0.29) is 11.6 Å². The predicted octanol–water partition coefficient (Wildman–Crippen LogP) is 4.01. The fourth-order valence-corrected chi connectivity index (χ4v) is 2.75. The smallest absolute Gasteiger partial charge is 0.486 e. The maximum absolute atomic E-state index is 14.8. The largest absolute Gasteiger partial charge is 0.495 e. The first-order chi connectivity index (χ1) is 11.7. The predicted molar refractivity (Wildman–Crippen MR) is 97.6 cm³/mol. The van der Waals surface area contributed by atoms with E-state index in [1.807, 2.05) is 64.1 Å². The molecule has 0 saturated carbocycles. The van der Waals surface area contributed by atoms with Crippen LogP contribution in [0.15, 0.2) is 42.5 Å². The minimum atomic E-state index is -0.581. The molecule has 2 aromatic carbocycles. The van der Waals surface area contributed by atoms with Crippen LogP contribution in [0.4, 0.5) is 4.39 Å². The van der Waals surface area contributed by atoms with Crippen LogP contribution in [0.25, 0.3) is 0 Å². The zero-order valence-electron chi connectivity index (χ0n) is 15.4. The van der Waals surface area contributed by atoms with Gasteiger partial charge < -0.3 is 14.0 Å². The third kappa shape index (κ3) is 3.44. The van der Waals surface area contributed by atoms with Gasteiger partial charge >= 0.3 is 7.12 Å². The molecule has 0 amide bonds. The van der Waals surface area contributed by atoms with Gasteiger partial charge in [-0.25, -0.2) is 4.39 Å². The summed E-state index contributed by atoms with van der Waals surface area (Å²) >= 11 is 0. The maximum Gasteiger partial charge on any atom is 0.495 e. The summed E-state index contributed by atoms with van der Waals surface area (Å²) in [6.45, 7) is 9.98. The van der Waals surface area contributed by atoms with Crippen molar-refractivity contribution in [1.29, 1.82) is 0 Å². The van der Waals surface area contributed by atoms with Crippen LogP contribution in [-0.2, 0) is 15.9 Å². The fourth-order valence-electron chi connectivity index (χ4n) is 2.75. The summed E-state index contributed by atoms with van der Waals surface area (Å²) in [6.07, 6.45) is 0. The second-order valence-electron chi connectivity index (χ2n) is 7.45. The van der Waals surface area contributed by atoms with Crippen LogP contribution < -0.4 is 10.2 Å². The Balaban J connectivity index is 1.79. The van der Waals surface area contributed by atoms with Crippen molar-refractivity contribution in [1.82, 2.24) is 0 Å². The molecule has 1 aliphatic rings. The van der Waals surface area contributed by atoms with Gasteiger partial charge in [0.2, 0.25) is 0 Å². The van der Waals surface area contributed by atoms with Gasteiger partial charge in [0, 0.05) is 0 Å². The van der Waals surface area contributed by atoms with Crippen LogP contribution in [0.3, 0.4) is 0 Å². The van der Waals surface area contributed by atoms with Gasteiger partial charge in [0.1, 0.15) is 6.61 Å². The lowest BCUT2D eigenvalue weighted by atomic mass is 9.76. The highest BCUT2D eigenvalue weighted by atomic mass is 19.1. The highest BCUT2D eigenvalue weighted by Gasteiger charge is 2.52. The summed E-state index contributed by atoms with van der Waals surface area (Å²) < 4.78 is 32.5. The van der Waals surface area contributed by atoms with Gasteiger partial charge in [-0.05, 0) is 57.3 Å². The molecule has 0 spiro atoms. The van der Waals surface area contributed by atoms with Gasteiger partial charge in [-0.2, -0.15) is 0 Å². The average molecular weight is 342 g/mol. The van der Waals surface area contributed by atoms with Crippen molar-refractivity contribution < 1.29 is 18.4 Å². The Bertz CT molecular complexity index is 743. The summed E-state index contributed by atoms with van der Waals surface area (Å²) in [6, 6.07) is 13.2. The Morgan fingerprint density at radius 3 is 2.16 bits per heavy atom. The molecule has 2 aromatic rings. The average Bonchev–Trinajstić information content (AvgIpc) is 2.77. The fraction of sp³-hybridized carbons (Fsp3) is 0.400. The molecule has 0 aromatic heterocycles.